The zero-order chi connectivity index (χ0) is 15.0. The van der Waals surface area contributed by atoms with Gasteiger partial charge < -0.3 is 20.1 Å². The van der Waals surface area contributed by atoms with Gasteiger partial charge in [0.15, 0.2) is 0 Å². The van der Waals surface area contributed by atoms with Crippen molar-refractivity contribution in [2.75, 3.05) is 39.5 Å². The number of nitrogens with zero attached hydrogens (tertiary/aromatic N) is 1. The predicted molar refractivity (Wildman–Crippen MR) is 78.3 cm³/mol. The second-order valence-corrected chi connectivity index (χ2v) is 5.05. The summed E-state index contributed by atoms with van der Waals surface area (Å²) in [5.74, 6) is 0.543. The van der Waals surface area contributed by atoms with Crippen molar-refractivity contribution >= 4 is 11.6 Å². The minimum atomic E-state index is -0.718. The van der Waals surface area contributed by atoms with Gasteiger partial charge in [0.1, 0.15) is 18.5 Å². The van der Waals surface area contributed by atoms with Crippen molar-refractivity contribution in [1.29, 1.82) is 0 Å². The number of hydrogen-bond acceptors (Lipinski definition) is 5. The van der Waals surface area contributed by atoms with Gasteiger partial charge in [-0.25, -0.2) is 0 Å². The molecule has 1 aromatic rings. The van der Waals surface area contributed by atoms with E-state index in [0.717, 1.165) is 5.56 Å². The zero-order valence-corrected chi connectivity index (χ0v) is 12.4. The molecule has 0 saturated carbocycles. The third-order valence-corrected chi connectivity index (χ3v) is 3.13. The molecule has 0 aliphatic heterocycles. The van der Waals surface area contributed by atoms with Crippen LogP contribution in [0.1, 0.15) is 5.56 Å². The monoisotopic (exact) mass is 303 g/mol. The number of aliphatic hydroxyl groups excluding tert-OH is 3. The molecule has 1 atom stereocenters. The van der Waals surface area contributed by atoms with Crippen LogP contribution < -0.4 is 4.74 Å². The molecule has 0 amide bonds. The molecule has 0 saturated heterocycles. The van der Waals surface area contributed by atoms with E-state index < -0.39 is 6.10 Å². The van der Waals surface area contributed by atoms with E-state index >= 15 is 0 Å². The number of halogens is 1. The quantitative estimate of drug-likeness (QED) is 0.625. The van der Waals surface area contributed by atoms with E-state index in [2.05, 4.69) is 0 Å². The molecular formula is C14H22ClNO4. The normalized spacial score (nSPS) is 12.7. The van der Waals surface area contributed by atoms with Crippen molar-refractivity contribution in [2.24, 2.45) is 0 Å². The Morgan fingerprint density at radius 2 is 1.90 bits per heavy atom. The third kappa shape index (κ3) is 6.07. The van der Waals surface area contributed by atoms with E-state index in [-0.39, 0.29) is 19.8 Å². The molecule has 6 heteroatoms. The first kappa shape index (κ1) is 17.2. The molecule has 0 aromatic heterocycles. The minimum Gasteiger partial charge on any atom is -0.489 e. The highest BCUT2D eigenvalue weighted by atomic mass is 35.5. The van der Waals surface area contributed by atoms with Gasteiger partial charge in [-0.3, -0.25) is 4.90 Å². The molecule has 0 fully saturated rings. The molecular weight excluding hydrogens is 282 g/mol. The lowest BCUT2D eigenvalue weighted by Crippen LogP contribution is -2.38. The van der Waals surface area contributed by atoms with Crippen LogP contribution in [-0.2, 0) is 0 Å². The second-order valence-electron chi connectivity index (χ2n) is 4.65. The van der Waals surface area contributed by atoms with Gasteiger partial charge in [0.2, 0.25) is 0 Å². The van der Waals surface area contributed by atoms with Crippen molar-refractivity contribution in [3.8, 4) is 5.75 Å². The van der Waals surface area contributed by atoms with Gasteiger partial charge in [-0.05, 0) is 24.6 Å². The van der Waals surface area contributed by atoms with Gasteiger partial charge in [-0.15, -0.1) is 0 Å². The highest BCUT2D eigenvalue weighted by Gasteiger charge is 2.12. The van der Waals surface area contributed by atoms with Crippen LogP contribution in [-0.4, -0.2) is 65.8 Å². The van der Waals surface area contributed by atoms with E-state index in [4.69, 9.17) is 26.6 Å². The molecule has 0 aliphatic carbocycles. The molecule has 0 bridgehead atoms. The van der Waals surface area contributed by atoms with Crippen LogP contribution in [0.3, 0.4) is 0 Å². The number of benzene rings is 1. The highest BCUT2D eigenvalue weighted by Crippen LogP contribution is 2.25. The molecule has 0 spiro atoms. The third-order valence-electron chi connectivity index (χ3n) is 2.82. The fourth-order valence-corrected chi connectivity index (χ4v) is 2.01. The Labute approximate surface area is 124 Å². The van der Waals surface area contributed by atoms with Crippen LogP contribution in [0, 0.1) is 6.92 Å². The average molecular weight is 304 g/mol. The maximum Gasteiger partial charge on any atom is 0.138 e. The Morgan fingerprint density at radius 3 is 2.50 bits per heavy atom. The van der Waals surface area contributed by atoms with Gasteiger partial charge in [-0.2, -0.15) is 0 Å². The molecule has 5 nitrogen and oxygen atoms in total. The summed E-state index contributed by atoms with van der Waals surface area (Å²) in [6, 6.07) is 5.45. The van der Waals surface area contributed by atoms with E-state index in [9.17, 15) is 5.11 Å². The Morgan fingerprint density at radius 1 is 1.25 bits per heavy atom. The number of aryl methyl sites for hydroxylation is 1. The number of ether oxygens (including phenoxy) is 1. The lowest BCUT2D eigenvalue weighted by Gasteiger charge is -2.23. The van der Waals surface area contributed by atoms with E-state index in [1.54, 1.807) is 11.0 Å². The van der Waals surface area contributed by atoms with Crippen LogP contribution in [0.2, 0.25) is 5.02 Å². The molecule has 114 valence electrons. The maximum absolute atomic E-state index is 9.92. The van der Waals surface area contributed by atoms with E-state index in [0.29, 0.717) is 30.4 Å². The van der Waals surface area contributed by atoms with Gasteiger partial charge in [0.05, 0.1) is 18.2 Å². The van der Waals surface area contributed by atoms with Gasteiger partial charge in [0, 0.05) is 19.6 Å². The predicted octanol–water partition coefficient (Wildman–Crippen LogP) is 0.675. The molecule has 0 heterocycles. The Kier molecular flexibility index (Phi) is 7.87. The van der Waals surface area contributed by atoms with Crippen molar-refractivity contribution in [1.82, 2.24) is 4.90 Å². The largest absolute Gasteiger partial charge is 0.489 e. The minimum absolute atomic E-state index is 0.0166. The first-order chi connectivity index (χ1) is 9.56. The first-order valence-electron chi connectivity index (χ1n) is 6.58. The molecule has 0 unspecified atom stereocenters. The fraction of sp³-hybridized carbons (Fsp3) is 0.571. The Bertz CT molecular complexity index is 397. The highest BCUT2D eigenvalue weighted by molar-refractivity contribution is 6.32. The van der Waals surface area contributed by atoms with Crippen molar-refractivity contribution in [3.05, 3.63) is 28.8 Å². The number of aliphatic hydroxyl groups is 3. The lowest BCUT2D eigenvalue weighted by atomic mass is 10.2. The first-order valence-corrected chi connectivity index (χ1v) is 6.95. The average Bonchev–Trinajstić information content (AvgIpc) is 2.40. The molecule has 20 heavy (non-hydrogen) atoms. The van der Waals surface area contributed by atoms with E-state index in [1.165, 1.54) is 0 Å². The fourth-order valence-electron chi connectivity index (χ4n) is 1.84. The van der Waals surface area contributed by atoms with Gasteiger partial charge >= 0.3 is 0 Å². The second kappa shape index (κ2) is 9.15. The summed E-state index contributed by atoms with van der Waals surface area (Å²) >= 11 is 6.00. The molecule has 1 rings (SSSR count). The lowest BCUT2D eigenvalue weighted by molar-refractivity contribution is 0.0552. The van der Waals surface area contributed by atoms with Crippen LogP contribution >= 0.6 is 11.6 Å². The van der Waals surface area contributed by atoms with Crippen LogP contribution in [0.25, 0.3) is 0 Å². The molecule has 0 aliphatic rings. The summed E-state index contributed by atoms with van der Waals surface area (Å²) in [4.78, 5) is 1.77. The Balaban J connectivity index is 2.45. The summed E-state index contributed by atoms with van der Waals surface area (Å²) in [6.07, 6.45) is -0.718. The molecule has 1 aromatic carbocycles. The van der Waals surface area contributed by atoms with Crippen molar-refractivity contribution in [3.63, 3.8) is 0 Å². The number of hydrogen-bond donors (Lipinski definition) is 3. The summed E-state index contributed by atoms with van der Waals surface area (Å²) < 4.78 is 5.50. The van der Waals surface area contributed by atoms with Crippen LogP contribution in [0.15, 0.2) is 18.2 Å². The van der Waals surface area contributed by atoms with E-state index in [1.807, 2.05) is 19.1 Å². The number of rotatable bonds is 9. The summed E-state index contributed by atoms with van der Waals surface area (Å²) in [5, 5.41) is 28.2. The van der Waals surface area contributed by atoms with Gasteiger partial charge in [0.25, 0.3) is 0 Å². The summed E-state index contributed by atoms with van der Waals surface area (Å²) in [6.45, 7) is 3.14. The SMILES string of the molecule is Cc1ccc(Cl)c(OC[C@H](O)CN(CCO)CCO)c1. The van der Waals surface area contributed by atoms with Crippen molar-refractivity contribution in [2.45, 2.75) is 13.0 Å². The maximum atomic E-state index is 9.92. The summed E-state index contributed by atoms with van der Waals surface area (Å²) in [5.41, 5.74) is 1.03. The van der Waals surface area contributed by atoms with Gasteiger partial charge in [-0.1, -0.05) is 17.7 Å². The van der Waals surface area contributed by atoms with Crippen molar-refractivity contribution < 1.29 is 20.1 Å². The topological polar surface area (TPSA) is 73.2 Å². The van der Waals surface area contributed by atoms with Crippen LogP contribution in [0.5, 0.6) is 5.75 Å². The standard InChI is InChI=1S/C14H22ClNO4/c1-11-2-3-13(15)14(8-11)20-10-12(19)9-16(4-6-17)5-7-18/h2-3,8,12,17-19H,4-7,9-10H2,1H3/t12-/m1/s1. The molecule has 3 N–H and O–H groups in total. The zero-order valence-electron chi connectivity index (χ0n) is 11.6. The Hall–Kier alpha value is -0.850. The smallest absolute Gasteiger partial charge is 0.138 e. The van der Waals surface area contributed by atoms with Crippen LogP contribution in [0.4, 0.5) is 0 Å². The summed E-state index contributed by atoms with van der Waals surface area (Å²) in [7, 11) is 0. The molecule has 0 radical (unpaired) electrons.